The van der Waals surface area contributed by atoms with E-state index in [1.54, 1.807) is 6.92 Å². The van der Waals surface area contributed by atoms with Crippen molar-refractivity contribution in [2.75, 3.05) is 0 Å². The van der Waals surface area contributed by atoms with Gasteiger partial charge < -0.3 is 9.42 Å². The molecule has 4 aliphatic rings. The van der Waals surface area contributed by atoms with Crippen molar-refractivity contribution in [2.24, 2.45) is 40.4 Å². The molecule has 4 fully saturated rings. The molecule has 0 saturated heterocycles. The predicted molar refractivity (Wildman–Crippen MR) is 107 cm³/mol. The molecule has 9 atom stereocenters. The fourth-order valence-electron chi connectivity index (χ4n) is 8.39. The number of fused-ring (bicyclic) bond motifs is 5. The number of carbonyl (C=O) groups excluding carboxylic acids is 1. The first-order valence-electron chi connectivity index (χ1n) is 11.0. The standard InChI is InChI=1S/C22H37O4P/c1-14(23)17-7-8-18-16-6-5-15-13-20(2,26-27(24)25)11-12-21(15,3)19(16)9-10-22(17,18)4/h15-19,27H,5-13H2,1-4H3,(H,24,25)/t15?,16?,17-,18?,19?,20-,21+,22-/m1/s1. The van der Waals surface area contributed by atoms with Crippen LogP contribution in [0.1, 0.15) is 85.5 Å². The van der Waals surface area contributed by atoms with Crippen LogP contribution >= 0.6 is 8.25 Å². The average Bonchev–Trinajstić information content (AvgIpc) is 2.92. The van der Waals surface area contributed by atoms with Crippen molar-refractivity contribution < 1.29 is 18.8 Å². The largest absolute Gasteiger partial charge is 0.326 e. The van der Waals surface area contributed by atoms with Crippen molar-refractivity contribution in [2.45, 2.75) is 91.1 Å². The lowest BCUT2D eigenvalue weighted by atomic mass is 9.44. The fraction of sp³-hybridized carbons (Fsp3) is 0.955. The summed E-state index contributed by atoms with van der Waals surface area (Å²) in [5, 5.41) is 0. The number of Topliss-reactive ketones (excluding diaryl/α,β-unsaturated/α-hetero) is 1. The topological polar surface area (TPSA) is 63.6 Å². The number of rotatable bonds is 3. The van der Waals surface area contributed by atoms with E-state index >= 15 is 0 Å². The van der Waals surface area contributed by atoms with Crippen LogP contribution in [0.5, 0.6) is 0 Å². The van der Waals surface area contributed by atoms with Crippen molar-refractivity contribution in [3.63, 3.8) is 0 Å². The van der Waals surface area contributed by atoms with Crippen molar-refractivity contribution in [1.82, 2.24) is 0 Å². The Balaban J connectivity index is 1.56. The molecule has 0 heterocycles. The lowest BCUT2D eigenvalue weighted by Crippen LogP contribution is -2.55. The van der Waals surface area contributed by atoms with Crippen molar-refractivity contribution in [3.8, 4) is 0 Å². The quantitative estimate of drug-likeness (QED) is 0.650. The Morgan fingerprint density at radius 2 is 1.67 bits per heavy atom. The lowest BCUT2D eigenvalue weighted by molar-refractivity contribution is -0.146. The molecule has 4 rings (SSSR count). The second-order valence-corrected chi connectivity index (χ2v) is 11.7. The number of carbonyl (C=O) groups is 1. The van der Waals surface area contributed by atoms with Gasteiger partial charge in [-0.3, -0.25) is 9.36 Å². The Morgan fingerprint density at radius 1 is 0.963 bits per heavy atom. The zero-order valence-electron chi connectivity index (χ0n) is 17.4. The number of hydrogen-bond donors (Lipinski definition) is 1. The SMILES string of the molecule is CC(=O)[C@H]1CCC2C3CCC4C[C@](C)(O[PH](=O)O)CC[C@]4(C)C3CC[C@@]21C. The molecular weight excluding hydrogens is 359 g/mol. The van der Waals surface area contributed by atoms with Crippen LogP contribution in [0, 0.1) is 40.4 Å². The van der Waals surface area contributed by atoms with E-state index in [9.17, 15) is 14.3 Å². The molecule has 0 aliphatic heterocycles. The van der Waals surface area contributed by atoms with Gasteiger partial charge in [0.2, 0.25) is 0 Å². The Kier molecular flexibility index (Phi) is 4.97. The van der Waals surface area contributed by atoms with Crippen LogP contribution in [-0.2, 0) is 13.9 Å². The van der Waals surface area contributed by atoms with E-state index in [0.29, 0.717) is 23.0 Å². The van der Waals surface area contributed by atoms with Crippen LogP contribution in [-0.4, -0.2) is 16.3 Å². The number of ketones is 1. The summed E-state index contributed by atoms with van der Waals surface area (Å²) in [5.41, 5.74) is 0.115. The Labute approximate surface area is 164 Å². The zero-order chi connectivity index (χ0) is 19.6. The Hall–Kier alpha value is -0.180. The van der Waals surface area contributed by atoms with Gasteiger partial charge in [-0.25, -0.2) is 0 Å². The van der Waals surface area contributed by atoms with Gasteiger partial charge in [-0.1, -0.05) is 13.8 Å². The first kappa shape index (κ1) is 20.1. The van der Waals surface area contributed by atoms with E-state index in [2.05, 4.69) is 13.8 Å². The van der Waals surface area contributed by atoms with E-state index in [1.165, 1.54) is 32.1 Å². The molecule has 4 nitrogen and oxygen atoms in total. The second-order valence-electron chi connectivity index (χ2n) is 11.0. The normalized spacial score (nSPS) is 53.1. The molecule has 0 aromatic carbocycles. The molecule has 5 heteroatoms. The molecule has 0 amide bonds. The molecule has 1 N–H and O–H groups in total. The molecule has 0 radical (unpaired) electrons. The molecular formula is C22H37O4P. The Bertz CT molecular complexity index is 650. The van der Waals surface area contributed by atoms with Crippen molar-refractivity contribution in [3.05, 3.63) is 0 Å². The van der Waals surface area contributed by atoms with E-state index in [1.807, 2.05) is 6.92 Å². The monoisotopic (exact) mass is 396 g/mol. The lowest BCUT2D eigenvalue weighted by Gasteiger charge is -2.62. The van der Waals surface area contributed by atoms with Crippen LogP contribution in [0.3, 0.4) is 0 Å². The van der Waals surface area contributed by atoms with E-state index < -0.39 is 13.9 Å². The highest BCUT2D eigenvalue weighted by Gasteiger charge is 2.61. The molecule has 5 unspecified atom stereocenters. The zero-order valence-corrected chi connectivity index (χ0v) is 18.4. The Morgan fingerprint density at radius 3 is 2.33 bits per heavy atom. The molecule has 154 valence electrons. The first-order valence-corrected chi connectivity index (χ1v) is 12.3. The summed E-state index contributed by atoms with van der Waals surface area (Å²) in [6.45, 7) is 8.74. The summed E-state index contributed by atoms with van der Waals surface area (Å²) in [5.74, 6) is 3.49. The second kappa shape index (κ2) is 6.67. The van der Waals surface area contributed by atoms with Gasteiger partial charge in [-0.05, 0) is 106 Å². The maximum Gasteiger partial charge on any atom is 0.317 e. The van der Waals surface area contributed by atoms with Crippen LogP contribution in [0.2, 0.25) is 0 Å². The van der Waals surface area contributed by atoms with Gasteiger partial charge in [-0.15, -0.1) is 0 Å². The molecule has 4 saturated carbocycles. The summed E-state index contributed by atoms with van der Waals surface area (Å²) in [6, 6.07) is 0. The van der Waals surface area contributed by atoms with E-state index in [-0.39, 0.29) is 11.3 Å². The number of hydrogen-bond acceptors (Lipinski definition) is 3. The van der Waals surface area contributed by atoms with Crippen LogP contribution in [0.15, 0.2) is 0 Å². The van der Waals surface area contributed by atoms with Crippen molar-refractivity contribution >= 4 is 14.0 Å². The summed E-state index contributed by atoms with van der Waals surface area (Å²) in [4.78, 5) is 21.6. The third-order valence-electron chi connectivity index (χ3n) is 9.76. The highest BCUT2D eigenvalue weighted by atomic mass is 31.1. The predicted octanol–water partition coefficient (Wildman–Crippen LogP) is 5.39. The van der Waals surface area contributed by atoms with Crippen LogP contribution < -0.4 is 0 Å². The van der Waals surface area contributed by atoms with Gasteiger partial charge in [0, 0.05) is 5.92 Å². The average molecular weight is 397 g/mol. The van der Waals surface area contributed by atoms with Gasteiger partial charge in [0.25, 0.3) is 0 Å². The molecule has 4 aliphatic carbocycles. The minimum atomic E-state index is -2.89. The van der Waals surface area contributed by atoms with Crippen molar-refractivity contribution in [1.29, 1.82) is 0 Å². The molecule has 0 aromatic rings. The highest BCUT2D eigenvalue weighted by Crippen LogP contribution is 2.68. The summed E-state index contributed by atoms with van der Waals surface area (Å²) < 4.78 is 16.8. The summed E-state index contributed by atoms with van der Waals surface area (Å²) in [6.07, 6.45) is 10.2. The van der Waals surface area contributed by atoms with Crippen LogP contribution in [0.4, 0.5) is 0 Å². The van der Waals surface area contributed by atoms with Gasteiger partial charge in [0.1, 0.15) is 5.78 Å². The fourth-order valence-corrected chi connectivity index (χ4v) is 8.99. The van der Waals surface area contributed by atoms with Gasteiger partial charge in [-0.2, -0.15) is 0 Å². The minimum Gasteiger partial charge on any atom is -0.326 e. The van der Waals surface area contributed by atoms with Crippen LogP contribution in [0.25, 0.3) is 0 Å². The van der Waals surface area contributed by atoms with Gasteiger partial charge >= 0.3 is 8.25 Å². The maximum atomic E-state index is 12.3. The van der Waals surface area contributed by atoms with Gasteiger partial charge in [0.05, 0.1) is 5.60 Å². The molecule has 0 aromatic heterocycles. The third-order valence-corrected chi connectivity index (χ3v) is 10.4. The smallest absolute Gasteiger partial charge is 0.317 e. The molecule has 27 heavy (non-hydrogen) atoms. The minimum absolute atomic E-state index is 0.221. The van der Waals surface area contributed by atoms with E-state index in [4.69, 9.17) is 4.52 Å². The summed E-state index contributed by atoms with van der Waals surface area (Å²) in [7, 11) is -2.89. The third kappa shape index (κ3) is 3.09. The molecule has 0 bridgehead atoms. The molecule has 0 spiro atoms. The highest BCUT2D eigenvalue weighted by molar-refractivity contribution is 7.32. The summed E-state index contributed by atoms with van der Waals surface area (Å²) >= 11 is 0. The van der Waals surface area contributed by atoms with E-state index in [0.717, 1.165) is 37.5 Å². The maximum absolute atomic E-state index is 12.3. The first-order chi connectivity index (χ1) is 12.6. The van der Waals surface area contributed by atoms with Gasteiger partial charge in [0.15, 0.2) is 0 Å².